The molecule has 3 aliphatic rings. The summed E-state index contributed by atoms with van der Waals surface area (Å²) in [6.45, 7) is 8.88. The predicted molar refractivity (Wildman–Crippen MR) is 80.5 cm³/mol. The third-order valence-electron chi connectivity index (χ3n) is 5.44. The van der Waals surface area contributed by atoms with Crippen LogP contribution in [0.25, 0.3) is 0 Å². The third kappa shape index (κ3) is 3.14. The van der Waals surface area contributed by atoms with Crippen LogP contribution in [0.1, 0.15) is 51.9 Å². The van der Waals surface area contributed by atoms with Gasteiger partial charge in [0.2, 0.25) is 0 Å². The molecule has 0 aromatic heterocycles. The van der Waals surface area contributed by atoms with Gasteiger partial charge < -0.3 is 5.32 Å². The van der Waals surface area contributed by atoms with Gasteiger partial charge in [0, 0.05) is 31.2 Å². The minimum absolute atomic E-state index is 0.741. The first-order valence-corrected chi connectivity index (χ1v) is 8.60. The van der Waals surface area contributed by atoms with Crippen molar-refractivity contribution in [2.75, 3.05) is 32.7 Å². The SMILES string of the molecule is CCCC1CN(C2CCN3CCCCC23)CCCN1. The summed E-state index contributed by atoms with van der Waals surface area (Å²) in [4.78, 5) is 5.62. The Labute approximate surface area is 118 Å². The first-order chi connectivity index (χ1) is 9.38. The van der Waals surface area contributed by atoms with E-state index in [0.717, 1.165) is 18.1 Å². The van der Waals surface area contributed by atoms with Crippen LogP contribution in [0.2, 0.25) is 0 Å². The molecule has 0 aromatic rings. The number of fused-ring (bicyclic) bond motifs is 1. The highest BCUT2D eigenvalue weighted by molar-refractivity contribution is 4.96. The molecule has 3 nitrogen and oxygen atoms in total. The van der Waals surface area contributed by atoms with Crippen LogP contribution in [0.5, 0.6) is 0 Å². The van der Waals surface area contributed by atoms with Gasteiger partial charge in [0.05, 0.1) is 0 Å². The van der Waals surface area contributed by atoms with E-state index in [1.807, 2.05) is 0 Å². The van der Waals surface area contributed by atoms with Gasteiger partial charge in [-0.25, -0.2) is 0 Å². The average molecular weight is 265 g/mol. The Kier molecular flexibility index (Phi) is 4.78. The Morgan fingerprint density at radius 3 is 2.68 bits per heavy atom. The van der Waals surface area contributed by atoms with E-state index in [4.69, 9.17) is 0 Å². The first kappa shape index (κ1) is 13.8. The van der Waals surface area contributed by atoms with Crippen LogP contribution >= 0.6 is 0 Å². The summed E-state index contributed by atoms with van der Waals surface area (Å²) in [5.74, 6) is 0. The second kappa shape index (κ2) is 6.55. The molecule has 3 heteroatoms. The molecule has 3 atom stereocenters. The van der Waals surface area contributed by atoms with E-state index >= 15 is 0 Å². The number of piperidine rings is 1. The first-order valence-electron chi connectivity index (χ1n) is 8.60. The van der Waals surface area contributed by atoms with E-state index in [2.05, 4.69) is 22.0 Å². The van der Waals surface area contributed by atoms with Crippen molar-refractivity contribution in [2.24, 2.45) is 0 Å². The lowest BCUT2D eigenvalue weighted by Gasteiger charge is -2.38. The standard InChI is InChI=1S/C16H31N3/c1-2-6-14-13-19(11-5-9-17-14)16-8-12-18-10-4-3-7-15(16)18/h14-17H,2-13H2,1H3. The minimum Gasteiger partial charge on any atom is -0.313 e. The van der Waals surface area contributed by atoms with Gasteiger partial charge in [0.1, 0.15) is 0 Å². The summed E-state index contributed by atoms with van der Waals surface area (Å²) in [5.41, 5.74) is 0. The number of hydrogen-bond donors (Lipinski definition) is 1. The van der Waals surface area contributed by atoms with E-state index in [-0.39, 0.29) is 0 Å². The van der Waals surface area contributed by atoms with Crippen LogP contribution in [-0.4, -0.2) is 60.6 Å². The molecule has 0 aliphatic carbocycles. The quantitative estimate of drug-likeness (QED) is 0.843. The molecular weight excluding hydrogens is 234 g/mol. The van der Waals surface area contributed by atoms with Crippen LogP contribution in [0.15, 0.2) is 0 Å². The van der Waals surface area contributed by atoms with Crippen molar-refractivity contribution < 1.29 is 0 Å². The van der Waals surface area contributed by atoms with Crippen molar-refractivity contribution in [3.05, 3.63) is 0 Å². The molecule has 0 radical (unpaired) electrons. The van der Waals surface area contributed by atoms with Gasteiger partial charge in [0.25, 0.3) is 0 Å². The summed E-state index contributed by atoms with van der Waals surface area (Å²) < 4.78 is 0. The van der Waals surface area contributed by atoms with Crippen LogP contribution in [-0.2, 0) is 0 Å². The minimum atomic E-state index is 0.741. The molecular formula is C16H31N3. The fraction of sp³-hybridized carbons (Fsp3) is 1.00. The third-order valence-corrected chi connectivity index (χ3v) is 5.44. The maximum atomic E-state index is 3.75. The molecule has 3 aliphatic heterocycles. The lowest BCUT2D eigenvalue weighted by atomic mass is 9.97. The molecule has 0 aromatic carbocycles. The zero-order valence-electron chi connectivity index (χ0n) is 12.6. The normalized spacial score (nSPS) is 38.1. The van der Waals surface area contributed by atoms with E-state index in [1.165, 1.54) is 77.7 Å². The summed E-state index contributed by atoms with van der Waals surface area (Å²) in [6, 6.07) is 2.49. The molecule has 3 heterocycles. The topological polar surface area (TPSA) is 18.5 Å². The second-order valence-electron chi connectivity index (χ2n) is 6.74. The summed E-state index contributed by atoms with van der Waals surface area (Å²) in [5, 5.41) is 3.75. The van der Waals surface area contributed by atoms with Crippen LogP contribution < -0.4 is 5.32 Å². The van der Waals surface area contributed by atoms with Crippen molar-refractivity contribution in [3.63, 3.8) is 0 Å². The number of nitrogens with one attached hydrogen (secondary N) is 1. The Morgan fingerprint density at radius 2 is 1.79 bits per heavy atom. The number of rotatable bonds is 3. The van der Waals surface area contributed by atoms with Gasteiger partial charge in [0.15, 0.2) is 0 Å². The smallest absolute Gasteiger partial charge is 0.0264 e. The zero-order valence-corrected chi connectivity index (χ0v) is 12.6. The summed E-state index contributed by atoms with van der Waals surface area (Å²) >= 11 is 0. The molecule has 0 spiro atoms. The highest BCUT2D eigenvalue weighted by Crippen LogP contribution is 2.31. The second-order valence-corrected chi connectivity index (χ2v) is 6.74. The molecule has 3 fully saturated rings. The fourth-order valence-electron chi connectivity index (χ4n) is 4.52. The lowest BCUT2D eigenvalue weighted by molar-refractivity contribution is 0.112. The van der Waals surface area contributed by atoms with Crippen molar-refractivity contribution in [3.8, 4) is 0 Å². The fourth-order valence-corrected chi connectivity index (χ4v) is 4.52. The number of hydrogen-bond acceptors (Lipinski definition) is 3. The molecule has 0 saturated carbocycles. The molecule has 110 valence electrons. The van der Waals surface area contributed by atoms with Crippen molar-refractivity contribution >= 4 is 0 Å². The summed E-state index contributed by atoms with van der Waals surface area (Å²) in [6.07, 6.45) is 9.76. The van der Waals surface area contributed by atoms with Gasteiger partial charge in [-0.05, 0) is 51.7 Å². The maximum Gasteiger partial charge on any atom is 0.0264 e. The molecule has 0 amide bonds. The molecule has 3 rings (SSSR count). The molecule has 3 saturated heterocycles. The number of nitrogens with zero attached hydrogens (tertiary/aromatic N) is 2. The highest BCUT2D eigenvalue weighted by Gasteiger charge is 2.39. The van der Waals surface area contributed by atoms with Crippen molar-refractivity contribution in [2.45, 2.75) is 70.0 Å². The Bertz CT molecular complexity index is 281. The van der Waals surface area contributed by atoms with Crippen molar-refractivity contribution in [1.82, 2.24) is 15.1 Å². The summed E-state index contributed by atoms with van der Waals surface area (Å²) in [7, 11) is 0. The predicted octanol–water partition coefficient (Wildman–Crippen LogP) is 2.08. The maximum absolute atomic E-state index is 3.75. The van der Waals surface area contributed by atoms with E-state index in [9.17, 15) is 0 Å². The molecule has 3 unspecified atom stereocenters. The molecule has 0 bridgehead atoms. The highest BCUT2D eigenvalue weighted by atomic mass is 15.3. The van der Waals surface area contributed by atoms with Gasteiger partial charge in [-0.3, -0.25) is 9.80 Å². The Morgan fingerprint density at radius 1 is 0.947 bits per heavy atom. The Hall–Kier alpha value is -0.120. The Balaban J connectivity index is 1.63. The van der Waals surface area contributed by atoms with Gasteiger partial charge in [-0.2, -0.15) is 0 Å². The van der Waals surface area contributed by atoms with E-state index in [1.54, 1.807) is 0 Å². The van der Waals surface area contributed by atoms with Gasteiger partial charge in [-0.15, -0.1) is 0 Å². The largest absolute Gasteiger partial charge is 0.313 e. The van der Waals surface area contributed by atoms with Gasteiger partial charge in [-0.1, -0.05) is 19.8 Å². The van der Waals surface area contributed by atoms with E-state index in [0.29, 0.717) is 0 Å². The molecule has 19 heavy (non-hydrogen) atoms. The van der Waals surface area contributed by atoms with Gasteiger partial charge >= 0.3 is 0 Å². The van der Waals surface area contributed by atoms with Crippen molar-refractivity contribution in [1.29, 1.82) is 0 Å². The van der Waals surface area contributed by atoms with Crippen LogP contribution in [0.3, 0.4) is 0 Å². The average Bonchev–Trinajstić information content (AvgIpc) is 2.73. The van der Waals surface area contributed by atoms with Crippen LogP contribution in [0, 0.1) is 0 Å². The lowest BCUT2D eigenvalue weighted by Crippen LogP contribution is -2.49. The van der Waals surface area contributed by atoms with E-state index < -0.39 is 0 Å². The zero-order chi connectivity index (χ0) is 13.1. The molecule has 1 N–H and O–H groups in total. The monoisotopic (exact) mass is 265 g/mol. The van der Waals surface area contributed by atoms with Crippen LogP contribution in [0.4, 0.5) is 0 Å².